The second kappa shape index (κ2) is 12.3. The average Bonchev–Trinajstić information content (AvgIpc) is 2.89. The first-order chi connectivity index (χ1) is 18.6. The van der Waals surface area contributed by atoms with Crippen molar-refractivity contribution in [3.05, 3.63) is 94.0 Å². The van der Waals surface area contributed by atoms with E-state index < -0.39 is 56.9 Å². The van der Waals surface area contributed by atoms with Gasteiger partial charge in [0, 0.05) is 13.6 Å². The normalized spacial score (nSPS) is 12.5. The molecule has 0 aliphatic rings. The fourth-order valence-corrected chi connectivity index (χ4v) is 5.68. The molecule has 0 aliphatic carbocycles. The smallest absolute Gasteiger partial charge is 0.357 e. The number of alkyl halides is 3. The van der Waals surface area contributed by atoms with Crippen LogP contribution in [0.5, 0.6) is 0 Å². The summed E-state index contributed by atoms with van der Waals surface area (Å²) in [5, 5.41) is 1.85. The zero-order chi connectivity index (χ0) is 29.8. The van der Waals surface area contributed by atoms with E-state index in [9.17, 15) is 31.2 Å². The molecule has 0 fully saturated rings. The van der Waals surface area contributed by atoms with Crippen molar-refractivity contribution in [2.45, 2.75) is 44.4 Å². The van der Waals surface area contributed by atoms with Crippen molar-refractivity contribution in [3.63, 3.8) is 0 Å². The molecule has 0 aliphatic heterocycles. The molecular formula is C28H29ClF3N3O4S. The molecule has 3 aromatic carbocycles. The van der Waals surface area contributed by atoms with Gasteiger partial charge >= 0.3 is 6.18 Å². The van der Waals surface area contributed by atoms with Gasteiger partial charge in [0.25, 0.3) is 10.0 Å². The number of anilines is 1. The summed E-state index contributed by atoms with van der Waals surface area (Å²) < 4.78 is 69.2. The number of benzene rings is 3. The van der Waals surface area contributed by atoms with Crippen molar-refractivity contribution >= 4 is 39.1 Å². The molecule has 7 nitrogen and oxygen atoms in total. The maximum absolute atomic E-state index is 13.8. The molecule has 0 saturated heterocycles. The first-order valence-corrected chi connectivity index (χ1v) is 14.0. The van der Waals surface area contributed by atoms with Gasteiger partial charge in [-0.2, -0.15) is 13.2 Å². The maximum atomic E-state index is 13.8. The minimum Gasteiger partial charge on any atom is -0.357 e. The van der Waals surface area contributed by atoms with Crippen LogP contribution in [0, 0.1) is 13.8 Å². The lowest BCUT2D eigenvalue weighted by Gasteiger charge is -2.32. The second-order valence-corrected chi connectivity index (χ2v) is 11.6. The maximum Gasteiger partial charge on any atom is 0.417 e. The summed E-state index contributed by atoms with van der Waals surface area (Å²) in [6, 6.07) is 14.5. The molecule has 0 heterocycles. The van der Waals surface area contributed by atoms with Crippen LogP contribution in [0.2, 0.25) is 5.02 Å². The number of hydrogen-bond donors (Lipinski definition) is 1. The van der Waals surface area contributed by atoms with Crippen LogP contribution in [-0.2, 0) is 32.3 Å². The summed E-state index contributed by atoms with van der Waals surface area (Å²) in [4.78, 5) is 27.3. The molecule has 0 unspecified atom stereocenters. The zero-order valence-corrected chi connectivity index (χ0v) is 23.9. The monoisotopic (exact) mass is 595 g/mol. The van der Waals surface area contributed by atoms with E-state index in [-0.39, 0.29) is 11.4 Å². The quantitative estimate of drug-likeness (QED) is 0.362. The largest absolute Gasteiger partial charge is 0.417 e. The Morgan fingerprint density at radius 2 is 1.62 bits per heavy atom. The van der Waals surface area contributed by atoms with E-state index in [0.29, 0.717) is 15.9 Å². The van der Waals surface area contributed by atoms with E-state index in [0.717, 1.165) is 23.3 Å². The van der Waals surface area contributed by atoms with Crippen LogP contribution in [-0.4, -0.2) is 44.8 Å². The highest BCUT2D eigenvalue weighted by Crippen LogP contribution is 2.38. The second-order valence-electron chi connectivity index (χ2n) is 9.29. The predicted molar refractivity (Wildman–Crippen MR) is 147 cm³/mol. The summed E-state index contributed by atoms with van der Waals surface area (Å²) in [5.74, 6) is -1.29. The van der Waals surface area contributed by atoms with Crippen molar-refractivity contribution in [2.24, 2.45) is 0 Å². The van der Waals surface area contributed by atoms with Crippen molar-refractivity contribution in [1.29, 1.82) is 0 Å². The Morgan fingerprint density at radius 1 is 0.975 bits per heavy atom. The molecule has 1 N–H and O–H groups in total. The summed E-state index contributed by atoms with van der Waals surface area (Å²) in [6.07, 6.45) is -4.87. The van der Waals surface area contributed by atoms with Crippen molar-refractivity contribution in [2.75, 3.05) is 17.9 Å². The minimum atomic E-state index is -4.87. The highest BCUT2D eigenvalue weighted by atomic mass is 35.5. The Hall–Kier alpha value is -3.57. The summed E-state index contributed by atoms with van der Waals surface area (Å²) in [6.45, 7) is 4.17. The molecule has 1 atom stereocenters. The predicted octanol–water partition coefficient (Wildman–Crippen LogP) is 5.33. The Balaban J connectivity index is 2.13. The van der Waals surface area contributed by atoms with Gasteiger partial charge in [-0.1, -0.05) is 59.1 Å². The van der Waals surface area contributed by atoms with Crippen LogP contribution in [0.4, 0.5) is 18.9 Å². The Kier molecular flexibility index (Phi) is 9.52. The molecule has 0 radical (unpaired) electrons. The first kappa shape index (κ1) is 31.0. The number of hydrogen-bond acceptors (Lipinski definition) is 4. The van der Waals surface area contributed by atoms with Gasteiger partial charge < -0.3 is 10.2 Å². The van der Waals surface area contributed by atoms with E-state index >= 15 is 0 Å². The molecule has 0 bridgehead atoms. The van der Waals surface area contributed by atoms with Gasteiger partial charge in [0.2, 0.25) is 11.8 Å². The molecule has 12 heteroatoms. The van der Waals surface area contributed by atoms with Crippen molar-refractivity contribution in [3.8, 4) is 0 Å². The summed E-state index contributed by atoms with van der Waals surface area (Å²) >= 11 is 5.78. The summed E-state index contributed by atoms with van der Waals surface area (Å²) in [5.41, 5.74) is 0.688. The lowest BCUT2D eigenvalue weighted by molar-refractivity contribution is -0.139. The fraction of sp³-hybridized carbons (Fsp3) is 0.286. The highest BCUT2D eigenvalue weighted by molar-refractivity contribution is 7.92. The highest BCUT2D eigenvalue weighted by Gasteiger charge is 2.36. The molecule has 2 amide bonds. The molecule has 3 aromatic rings. The number of nitrogens with one attached hydrogen (secondary N) is 1. The minimum absolute atomic E-state index is 0.0397. The Morgan fingerprint density at radius 3 is 2.20 bits per heavy atom. The van der Waals surface area contributed by atoms with Crippen molar-refractivity contribution < 1.29 is 31.2 Å². The third kappa shape index (κ3) is 7.14. The van der Waals surface area contributed by atoms with E-state index in [1.165, 1.54) is 43.1 Å². The SMILES string of the molecule is CNC(=O)[C@H](C)N(Cc1cccc(C)c1)C(=O)CN(c1ccc(Cl)c(C(F)(F)F)c1)S(=O)(=O)c1ccc(C)cc1. The van der Waals surface area contributed by atoms with Crippen LogP contribution in [0.1, 0.15) is 29.2 Å². The van der Waals surface area contributed by atoms with Gasteiger partial charge in [0.15, 0.2) is 0 Å². The standard InChI is InChI=1S/C28H29ClF3N3O4S/c1-18-8-11-23(12-9-18)40(38,39)35(22-10-13-25(29)24(15-22)28(30,31)32)17-26(36)34(20(3)27(37)33-4)16-21-7-5-6-19(2)14-21/h5-15,20H,16-17H2,1-4H3,(H,33,37)/t20-/m0/s1. The number of nitrogens with zero attached hydrogens (tertiary/aromatic N) is 2. The molecular weight excluding hydrogens is 567 g/mol. The Labute approximate surface area is 236 Å². The van der Waals surface area contributed by atoms with Gasteiger partial charge in [-0.3, -0.25) is 13.9 Å². The molecule has 40 heavy (non-hydrogen) atoms. The van der Waals surface area contributed by atoms with Gasteiger partial charge in [0.05, 0.1) is 21.2 Å². The van der Waals surface area contributed by atoms with E-state index in [4.69, 9.17) is 11.6 Å². The van der Waals surface area contributed by atoms with E-state index in [2.05, 4.69) is 5.32 Å². The number of likely N-dealkylation sites (N-methyl/N-ethyl adjacent to an activating group) is 1. The first-order valence-electron chi connectivity index (χ1n) is 12.2. The third-order valence-corrected chi connectivity index (χ3v) is 8.40. The molecule has 214 valence electrons. The fourth-order valence-electron chi connectivity index (χ4n) is 4.05. The van der Waals surface area contributed by atoms with Gasteiger partial charge in [0.1, 0.15) is 12.6 Å². The zero-order valence-electron chi connectivity index (χ0n) is 22.3. The molecule has 0 aromatic heterocycles. The summed E-state index contributed by atoms with van der Waals surface area (Å²) in [7, 11) is -3.13. The van der Waals surface area contributed by atoms with Crippen molar-refractivity contribution in [1.82, 2.24) is 10.2 Å². The van der Waals surface area contributed by atoms with Crippen LogP contribution in [0.25, 0.3) is 0 Å². The van der Waals surface area contributed by atoms with Crippen LogP contribution >= 0.6 is 11.6 Å². The Bertz CT molecular complexity index is 1500. The number of carbonyl (C=O) groups is 2. The topological polar surface area (TPSA) is 86.8 Å². The molecule has 3 rings (SSSR count). The van der Waals surface area contributed by atoms with Crippen LogP contribution in [0.15, 0.2) is 71.6 Å². The average molecular weight is 596 g/mol. The number of halogens is 4. The number of carbonyl (C=O) groups excluding carboxylic acids is 2. The van der Waals surface area contributed by atoms with Crippen LogP contribution < -0.4 is 9.62 Å². The van der Waals surface area contributed by atoms with E-state index in [1.54, 1.807) is 19.1 Å². The van der Waals surface area contributed by atoms with Gasteiger partial charge in [-0.05, 0) is 56.7 Å². The third-order valence-electron chi connectivity index (χ3n) is 6.28. The lowest BCUT2D eigenvalue weighted by Crippen LogP contribution is -2.50. The lowest BCUT2D eigenvalue weighted by atomic mass is 10.1. The molecule has 0 saturated carbocycles. The number of amides is 2. The van der Waals surface area contributed by atoms with Gasteiger partial charge in [-0.25, -0.2) is 8.42 Å². The number of rotatable bonds is 9. The molecule has 0 spiro atoms. The number of sulfonamides is 1. The number of aryl methyl sites for hydroxylation is 2. The van der Waals surface area contributed by atoms with Crippen LogP contribution in [0.3, 0.4) is 0 Å². The van der Waals surface area contributed by atoms with E-state index in [1.807, 2.05) is 19.1 Å². The van der Waals surface area contributed by atoms with Gasteiger partial charge in [-0.15, -0.1) is 0 Å².